The van der Waals surface area contributed by atoms with Gasteiger partial charge in [-0.3, -0.25) is 4.79 Å². The van der Waals surface area contributed by atoms with Crippen molar-refractivity contribution in [1.29, 1.82) is 0 Å². The Kier molecular flexibility index (Phi) is 6.59. The maximum atomic E-state index is 12.6. The molecule has 1 fully saturated rings. The van der Waals surface area contributed by atoms with Crippen LogP contribution in [0.3, 0.4) is 0 Å². The second-order valence-electron chi connectivity index (χ2n) is 7.66. The molecule has 0 saturated carbocycles. The number of fused-ring (bicyclic) bond motifs is 1. The Morgan fingerprint density at radius 1 is 1.26 bits per heavy atom. The van der Waals surface area contributed by atoms with Crippen LogP contribution < -0.4 is 15.7 Å². The standard InChI is InChI=1S/C24H24ClNO5/c1-15-18-11-20(25)22(30-14-23(27)26-13-17-8-5-9-29-17)12-21(18)31-24(28)19(15)10-16-6-3-2-4-7-16/h2-4,6-7,11-12,17H,5,8-10,13-14H2,1H3,(H,26,27). The molecule has 0 bridgehead atoms. The fourth-order valence-corrected chi connectivity index (χ4v) is 3.95. The molecule has 1 amide bonds. The van der Waals surface area contributed by atoms with Crippen LogP contribution in [-0.4, -0.2) is 31.8 Å². The maximum absolute atomic E-state index is 12.6. The lowest BCUT2D eigenvalue weighted by molar-refractivity contribution is -0.123. The minimum atomic E-state index is -0.392. The van der Waals surface area contributed by atoms with E-state index in [1.165, 1.54) is 0 Å². The Balaban J connectivity index is 1.49. The van der Waals surface area contributed by atoms with Crippen molar-refractivity contribution in [3.63, 3.8) is 0 Å². The number of nitrogens with one attached hydrogen (secondary N) is 1. The monoisotopic (exact) mass is 441 g/mol. The summed E-state index contributed by atoms with van der Waals surface area (Å²) < 4.78 is 16.6. The number of rotatable bonds is 7. The van der Waals surface area contributed by atoms with Gasteiger partial charge < -0.3 is 19.2 Å². The summed E-state index contributed by atoms with van der Waals surface area (Å²) in [6, 6.07) is 13.0. The molecule has 4 rings (SSSR count). The van der Waals surface area contributed by atoms with Gasteiger partial charge in [0.05, 0.1) is 11.1 Å². The second-order valence-corrected chi connectivity index (χ2v) is 8.07. The van der Waals surface area contributed by atoms with Crippen LogP contribution in [0.15, 0.2) is 51.7 Å². The molecule has 1 N–H and O–H groups in total. The highest BCUT2D eigenvalue weighted by atomic mass is 35.5. The van der Waals surface area contributed by atoms with Crippen molar-refractivity contribution in [2.45, 2.75) is 32.3 Å². The number of carbonyl (C=O) groups excluding carboxylic acids is 1. The number of hydrogen-bond donors (Lipinski definition) is 1. The maximum Gasteiger partial charge on any atom is 0.340 e. The first-order chi connectivity index (χ1) is 15.0. The molecule has 1 aromatic heterocycles. The van der Waals surface area contributed by atoms with Gasteiger partial charge in [0.25, 0.3) is 5.91 Å². The van der Waals surface area contributed by atoms with Crippen molar-refractivity contribution < 1.29 is 18.7 Å². The van der Waals surface area contributed by atoms with E-state index in [9.17, 15) is 9.59 Å². The summed E-state index contributed by atoms with van der Waals surface area (Å²) in [4.78, 5) is 24.7. The molecule has 31 heavy (non-hydrogen) atoms. The number of hydrogen-bond acceptors (Lipinski definition) is 5. The number of halogens is 1. The summed E-state index contributed by atoms with van der Waals surface area (Å²) in [7, 11) is 0. The molecule has 7 heteroatoms. The topological polar surface area (TPSA) is 77.8 Å². The Hall–Kier alpha value is -2.83. The van der Waals surface area contributed by atoms with Crippen molar-refractivity contribution in [3.05, 3.63) is 74.6 Å². The fraction of sp³-hybridized carbons (Fsp3) is 0.333. The zero-order valence-electron chi connectivity index (χ0n) is 17.3. The van der Waals surface area contributed by atoms with Gasteiger partial charge in [-0.15, -0.1) is 0 Å². The SMILES string of the molecule is Cc1c(Cc2ccccc2)c(=O)oc2cc(OCC(=O)NCC3CCCO3)c(Cl)cc12. The predicted molar refractivity (Wildman–Crippen MR) is 119 cm³/mol. The molecule has 2 aromatic carbocycles. The molecule has 1 atom stereocenters. The number of amides is 1. The largest absolute Gasteiger partial charge is 0.482 e. The summed E-state index contributed by atoms with van der Waals surface area (Å²) >= 11 is 6.40. The number of benzene rings is 2. The van der Waals surface area contributed by atoms with E-state index >= 15 is 0 Å². The first-order valence-corrected chi connectivity index (χ1v) is 10.7. The zero-order valence-corrected chi connectivity index (χ0v) is 18.0. The van der Waals surface area contributed by atoms with E-state index in [4.69, 9.17) is 25.5 Å². The summed E-state index contributed by atoms with van der Waals surface area (Å²) in [5, 5.41) is 3.89. The van der Waals surface area contributed by atoms with Crippen molar-refractivity contribution >= 4 is 28.5 Å². The summed E-state index contributed by atoms with van der Waals surface area (Å²) in [6.07, 6.45) is 2.51. The minimum Gasteiger partial charge on any atom is -0.482 e. The van der Waals surface area contributed by atoms with Gasteiger partial charge in [-0.1, -0.05) is 41.9 Å². The third kappa shape index (κ3) is 5.09. The minimum absolute atomic E-state index is 0.0653. The lowest BCUT2D eigenvalue weighted by Crippen LogP contribution is -2.35. The van der Waals surface area contributed by atoms with Crippen molar-refractivity contribution in [3.8, 4) is 5.75 Å². The van der Waals surface area contributed by atoms with E-state index in [0.29, 0.717) is 34.9 Å². The van der Waals surface area contributed by atoms with Gasteiger partial charge in [0.15, 0.2) is 6.61 Å². The third-order valence-corrected chi connectivity index (χ3v) is 5.77. The molecule has 1 saturated heterocycles. The molecule has 3 aromatic rings. The van der Waals surface area contributed by atoms with Gasteiger partial charge >= 0.3 is 5.63 Å². The molecular formula is C24H24ClNO5. The highest BCUT2D eigenvalue weighted by molar-refractivity contribution is 6.32. The summed E-state index contributed by atoms with van der Waals surface area (Å²) in [5.74, 6) is 0.0299. The average molecular weight is 442 g/mol. The highest BCUT2D eigenvalue weighted by Gasteiger charge is 2.18. The van der Waals surface area contributed by atoms with E-state index in [1.807, 2.05) is 37.3 Å². The van der Waals surface area contributed by atoms with Crippen LogP contribution in [-0.2, 0) is 16.0 Å². The van der Waals surface area contributed by atoms with Gasteiger partial charge in [-0.2, -0.15) is 0 Å². The fourth-order valence-electron chi connectivity index (χ4n) is 3.73. The van der Waals surface area contributed by atoms with Crippen molar-refractivity contribution in [2.75, 3.05) is 19.8 Å². The van der Waals surface area contributed by atoms with Crippen LogP contribution in [0.25, 0.3) is 11.0 Å². The van der Waals surface area contributed by atoms with Crippen LogP contribution in [0.4, 0.5) is 0 Å². The quantitative estimate of drug-likeness (QED) is 0.560. The molecule has 0 aliphatic carbocycles. The summed E-state index contributed by atoms with van der Waals surface area (Å²) in [6.45, 7) is 2.90. The van der Waals surface area contributed by atoms with E-state index in [0.717, 1.165) is 36.0 Å². The van der Waals surface area contributed by atoms with E-state index in [-0.39, 0.29) is 18.6 Å². The number of aryl methyl sites for hydroxylation is 1. The normalized spacial score (nSPS) is 15.9. The van der Waals surface area contributed by atoms with Crippen molar-refractivity contribution in [2.24, 2.45) is 0 Å². The highest BCUT2D eigenvalue weighted by Crippen LogP contribution is 2.32. The van der Waals surface area contributed by atoms with Crippen LogP contribution in [0, 0.1) is 6.92 Å². The number of ether oxygens (including phenoxy) is 2. The van der Waals surface area contributed by atoms with Gasteiger partial charge in [-0.25, -0.2) is 4.79 Å². The lowest BCUT2D eigenvalue weighted by Gasteiger charge is -2.13. The molecule has 6 nitrogen and oxygen atoms in total. The Morgan fingerprint density at radius 2 is 2.06 bits per heavy atom. The average Bonchev–Trinajstić information content (AvgIpc) is 3.29. The van der Waals surface area contributed by atoms with Gasteiger partial charge in [-0.05, 0) is 37.0 Å². The molecule has 2 heterocycles. The first-order valence-electron chi connectivity index (χ1n) is 10.3. The predicted octanol–water partition coefficient (Wildman–Crippen LogP) is 4.02. The second kappa shape index (κ2) is 9.54. The summed E-state index contributed by atoms with van der Waals surface area (Å²) in [5.41, 5.74) is 2.42. The molecular weight excluding hydrogens is 418 g/mol. The molecule has 1 aliphatic rings. The molecule has 1 unspecified atom stereocenters. The van der Waals surface area contributed by atoms with Gasteiger partial charge in [0.2, 0.25) is 0 Å². The molecule has 0 radical (unpaired) electrons. The smallest absolute Gasteiger partial charge is 0.340 e. The van der Waals surface area contributed by atoms with E-state index < -0.39 is 5.63 Å². The molecule has 1 aliphatic heterocycles. The van der Waals surface area contributed by atoms with Gasteiger partial charge in [0, 0.05) is 36.6 Å². The third-order valence-electron chi connectivity index (χ3n) is 5.47. The van der Waals surface area contributed by atoms with Gasteiger partial charge in [0.1, 0.15) is 11.3 Å². The number of carbonyl (C=O) groups is 1. The van der Waals surface area contributed by atoms with Crippen LogP contribution in [0.5, 0.6) is 5.75 Å². The van der Waals surface area contributed by atoms with Crippen LogP contribution >= 0.6 is 11.6 Å². The van der Waals surface area contributed by atoms with Crippen molar-refractivity contribution in [1.82, 2.24) is 5.32 Å². The first kappa shape index (κ1) is 21.4. The molecule has 162 valence electrons. The molecule has 0 spiro atoms. The van der Waals surface area contributed by atoms with Crippen LogP contribution in [0.2, 0.25) is 5.02 Å². The Morgan fingerprint density at radius 3 is 2.81 bits per heavy atom. The van der Waals surface area contributed by atoms with E-state index in [2.05, 4.69) is 5.32 Å². The zero-order chi connectivity index (χ0) is 21.8. The Bertz CT molecular complexity index is 1140. The Labute approximate surface area is 185 Å². The van der Waals surface area contributed by atoms with Crippen LogP contribution in [0.1, 0.15) is 29.5 Å². The lowest BCUT2D eigenvalue weighted by atomic mass is 9.99. The van der Waals surface area contributed by atoms with E-state index in [1.54, 1.807) is 12.1 Å².